The van der Waals surface area contributed by atoms with Gasteiger partial charge in [-0.1, -0.05) is 0 Å². The number of nitrogens with zero attached hydrogens (tertiary/aromatic N) is 2. The molecule has 0 spiro atoms. The van der Waals surface area contributed by atoms with Gasteiger partial charge in [0.05, 0.1) is 9.82 Å². The molecule has 104 valence electrons. The number of hydrogen-bond donors (Lipinski definition) is 1. The highest BCUT2D eigenvalue weighted by atomic mass is 32.2. The first-order valence-corrected chi connectivity index (χ1v) is 6.64. The Bertz CT molecular complexity index is 651. The summed E-state index contributed by atoms with van der Waals surface area (Å²) in [6, 6.07) is 2.08. The minimum Gasteiger partial charge on any atom is -0.345 e. The second-order valence-corrected chi connectivity index (χ2v) is 5.65. The van der Waals surface area contributed by atoms with E-state index in [0.717, 1.165) is 12.1 Å². The Morgan fingerprint density at radius 2 is 1.89 bits per heavy atom. The van der Waals surface area contributed by atoms with Crippen LogP contribution in [0.25, 0.3) is 0 Å². The SMILES string of the molecule is Cc1c([N+](=O)[O-])cc(C(=O)N(C)C)cc1S(N)(=O)=O. The highest BCUT2D eigenvalue weighted by Crippen LogP contribution is 2.26. The van der Waals surface area contributed by atoms with Crippen LogP contribution in [-0.2, 0) is 10.0 Å². The molecule has 0 aromatic heterocycles. The van der Waals surface area contributed by atoms with Gasteiger partial charge in [0.25, 0.3) is 11.6 Å². The van der Waals surface area contributed by atoms with Crippen molar-refractivity contribution in [3.8, 4) is 0 Å². The molecule has 0 heterocycles. The van der Waals surface area contributed by atoms with Crippen molar-refractivity contribution in [3.63, 3.8) is 0 Å². The van der Waals surface area contributed by atoms with Crippen LogP contribution in [0.4, 0.5) is 5.69 Å². The normalized spacial score (nSPS) is 11.2. The zero-order chi connectivity index (χ0) is 15.0. The predicted octanol–water partition coefficient (Wildman–Crippen LogP) is 0.252. The molecular formula is C10H13N3O5S. The zero-order valence-corrected chi connectivity index (χ0v) is 11.4. The summed E-state index contributed by atoms with van der Waals surface area (Å²) in [6.07, 6.45) is 0. The molecule has 0 aliphatic rings. The zero-order valence-electron chi connectivity index (χ0n) is 10.6. The summed E-state index contributed by atoms with van der Waals surface area (Å²) in [4.78, 5) is 22.7. The molecule has 0 bridgehead atoms. The van der Waals surface area contributed by atoms with Crippen molar-refractivity contribution in [1.29, 1.82) is 0 Å². The Hall–Kier alpha value is -2.00. The number of nitro benzene ring substituents is 1. The van der Waals surface area contributed by atoms with Crippen LogP contribution in [0.1, 0.15) is 15.9 Å². The maximum absolute atomic E-state index is 11.8. The molecule has 0 radical (unpaired) electrons. The molecule has 0 saturated carbocycles. The first kappa shape index (κ1) is 15.1. The molecule has 1 aromatic carbocycles. The summed E-state index contributed by atoms with van der Waals surface area (Å²) >= 11 is 0. The number of hydrogen-bond acceptors (Lipinski definition) is 5. The average Bonchev–Trinajstić information content (AvgIpc) is 2.26. The number of rotatable bonds is 3. The van der Waals surface area contributed by atoms with Crippen molar-refractivity contribution in [2.45, 2.75) is 11.8 Å². The monoisotopic (exact) mass is 287 g/mol. The molecule has 19 heavy (non-hydrogen) atoms. The molecule has 1 aromatic rings. The van der Waals surface area contributed by atoms with Crippen LogP contribution in [0.2, 0.25) is 0 Å². The van der Waals surface area contributed by atoms with E-state index in [4.69, 9.17) is 5.14 Å². The van der Waals surface area contributed by atoms with Crippen LogP contribution in [0, 0.1) is 17.0 Å². The largest absolute Gasteiger partial charge is 0.345 e. The fourth-order valence-corrected chi connectivity index (χ4v) is 2.36. The van der Waals surface area contributed by atoms with Gasteiger partial charge in [-0.15, -0.1) is 0 Å². The third-order valence-electron chi connectivity index (χ3n) is 2.49. The van der Waals surface area contributed by atoms with E-state index in [1.807, 2.05) is 0 Å². The maximum Gasteiger partial charge on any atom is 0.274 e. The van der Waals surface area contributed by atoms with E-state index >= 15 is 0 Å². The Balaban J connectivity index is 3.68. The lowest BCUT2D eigenvalue weighted by Gasteiger charge is -2.12. The van der Waals surface area contributed by atoms with E-state index in [-0.39, 0.29) is 11.1 Å². The van der Waals surface area contributed by atoms with E-state index in [9.17, 15) is 23.3 Å². The van der Waals surface area contributed by atoms with Crippen LogP contribution in [0.3, 0.4) is 0 Å². The summed E-state index contributed by atoms with van der Waals surface area (Å²) in [6.45, 7) is 1.27. The lowest BCUT2D eigenvalue weighted by Crippen LogP contribution is -2.23. The van der Waals surface area contributed by atoms with E-state index in [1.54, 1.807) is 0 Å². The molecule has 1 amide bonds. The van der Waals surface area contributed by atoms with Crippen LogP contribution >= 0.6 is 0 Å². The minimum absolute atomic E-state index is 0.0946. The smallest absolute Gasteiger partial charge is 0.274 e. The maximum atomic E-state index is 11.8. The summed E-state index contributed by atoms with van der Waals surface area (Å²) < 4.78 is 22.8. The molecule has 2 N–H and O–H groups in total. The fraction of sp³-hybridized carbons (Fsp3) is 0.300. The van der Waals surface area contributed by atoms with Crippen molar-refractivity contribution in [3.05, 3.63) is 33.4 Å². The van der Waals surface area contributed by atoms with E-state index < -0.39 is 31.4 Å². The summed E-state index contributed by atoms with van der Waals surface area (Å²) in [5.74, 6) is -0.548. The lowest BCUT2D eigenvalue weighted by atomic mass is 10.1. The van der Waals surface area contributed by atoms with Gasteiger partial charge in [-0.3, -0.25) is 14.9 Å². The number of primary sulfonamides is 1. The summed E-state index contributed by atoms with van der Waals surface area (Å²) in [5, 5.41) is 15.9. The standard InChI is InChI=1S/C10H13N3O5S/c1-6-8(13(15)16)4-7(10(14)12(2)3)5-9(6)19(11,17)18/h4-5H,1-3H3,(H2,11,17,18). The van der Waals surface area contributed by atoms with Gasteiger partial charge in [0.15, 0.2) is 0 Å². The van der Waals surface area contributed by atoms with Gasteiger partial charge in [-0.25, -0.2) is 13.6 Å². The van der Waals surface area contributed by atoms with Crippen molar-refractivity contribution < 1.29 is 18.1 Å². The Kier molecular flexibility index (Phi) is 3.91. The quantitative estimate of drug-likeness (QED) is 0.630. The van der Waals surface area contributed by atoms with Gasteiger partial charge < -0.3 is 4.90 Å². The molecule has 1 rings (SSSR count). The van der Waals surface area contributed by atoms with Crippen LogP contribution in [-0.4, -0.2) is 38.2 Å². The lowest BCUT2D eigenvalue weighted by molar-refractivity contribution is -0.385. The highest BCUT2D eigenvalue weighted by molar-refractivity contribution is 7.89. The van der Waals surface area contributed by atoms with Crippen LogP contribution in [0.5, 0.6) is 0 Å². The molecule has 9 heteroatoms. The second-order valence-electron chi connectivity index (χ2n) is 4.12. The van der Waals surface area contributed by atoms with Crippen molar-refractivity contribution in [2.75, 3.05) is 14.1 Å². The van der Waals surface area contributed by atoms with Crippen molar-refractivity contribution in [1.82, 2.24) is 4.90 Å². The number of nitrogens with two attached hydrogens (primary N) is 1. The fourth-order valence-electron chi connectivity index (χ4n) is 1.54. The van der Waals surface area contributed by atoms with E-state index in [2.05, 4.69) is 0 Å². The molecule has 8 nitrogen and oxygen atoms in total. The van der Waals surface area contributed by atoms with Gasteiger partial charge in [0, 0.05) is 31.3 Å². The van der Waals surface area contributed by atoms with E-state index in [1.165, 1.54) is 25.9 Å². The Morgan fingerprint density at radius 3 is 2.26 bits per heavy atom. The van der Waals surface area contributed by atoms with Gasteiger partial charge in [-0.2, -0.15) is 0 Å². The average molecular weight is 287 g/mol. The molecule has 0 aliphatic carbocycles. The summed E-state index contributed by atoms with van der Waals surface area (Å²) in [7, 11) is -1.25. The van der Waals surface area contributed by atoms with Gasteiger partial charge in [0.1, 0.15) is 0 Å². The highest BCUT2D eigenvalue weighted by Gasteiger charge is 2.24. The van der Waals surface area contributed by atoms with Crippen LogP contribution in [0.15, 0.2) is 17.0 Å². The molecule has 0 saturated heterocycles. The second kappa shape index (κ2) is 4.94. The van der Waals surface area contributed by atoms with Crippen LogP contribution < -0.4 is 5.14 Å². The number of carbonyl (C=O) groups excluding carboxylic acids is 1. The third-order valence-corrected chi connectivity index (χ3v) is 3.53. The molecule has 0 fully saturated rings. The summed E-state index contributed by atoms with van der Waals surface area (Å²) in [5.41, 5.74) is -0.661. The number of benzene rings is 1. The minimum atomic E-state index is -4.15. The van der Waals surface area contributed by atoms with Gasteiger partial charge in [0.2, 0.25) is 10.0 Å². The van der Waals surface area contributed by atoms with Gasteiger partial charge >= 0.3 is 0 Å². The molecule has 0 unspecified atom stereocenters. The number of carbonyl (C=O) groups is 1. The number of sulfonamides is 1. The van der Waals surface area contributed by atoms with E-state index in [0.29, 0.717) is 0 Å². The first-order chi connectivity index (χ1) is 8.55. The molecular weight excluding hydrogens is 274 g/mol. The topological polar surface area (TPSA) is 124 Å². The third kappa shape index (κ3) is 3.06. The first-order valence-electron chi connectivity index (χ1n) is 5.09. The molecule has 0 aliphatic heterocycles. The Labute approximate surface area is 110 Å². The number of amides is 1. The molecule has 0 atom stereocenters. The Morgan fingerprint density at radius 1 is 1.37 bits per heavy atom. The number of nitro groups is 1. The van der Waals surface area contributed by atoms with Crippen molar-refractivity contribution in [2.24, 2.45) is 5.14 Å². The van der Waals surface area contributed by atoms with Crippen molar-refractivity contribution >= 4 is 21.6 Å². The predicted molar refractivity (Wildman–Crippen MR) is 67.2 cm³/mol. The van der Waals surface area contributed by atoms with Gasteiger partial charge in [-0.05, 0) is 13.0 Å².